The van der Waals surface area contributed by atoms with Gasteiger partial charge in [-0.25, -0.2) is 0 Å². The lowest BCUT2D eigenvalue weighted by Gasteiger charge is -2.14. The Kier molecular flexibility index (Phi) is 5.99. The molecule has 0 aromatic heterocycles. The third-order valence-electron chi connectivity index (χ3n) is 3.46. The molecular weight excluding hydrogens is 274 g/mol. The van der Waals surface area contributed by atoms with Crippen LogP contribution in [0.25, 0.3) is 11.1 Å². The molecule has 3 nitrogen and oxygen atoms in total. The van der Waals surface area contributed by atoms with E-state index < -0.39 is 0 Å². The van der Waals surface area contributed by atoms with Crippen molar-refractivity contribution >= 4 is 0 Å². The average molecular weight is 299 g/mol. The van der Waals surface area contributed by atoms with E-state index >= 15 is 0 Å². The second kappa shape index (κ2) is 7.97. The second-order valence-corrected chi connectivity index (χ2v) is 5.76. The average Bonchev–Trinajstić information content (AvgIpc) is 2.52. The quantitative estimate of drug-likeness (QED) is 0.846. The van der Waals surface area contributed by atoms with Gasteiger partial charge in [0, 0.05) is 6.54 Å². The van der Waals surface area contributed by atoms with Gasteiger partial charge in [0.15, 0.2) is 0 Å². The Labute approximate surface area is 133 Å². The summed E-state index contributed by atoms with van der Waals surface area (Å²) in [7, 11) is 4.09. The Bertz CT molecular complexity index is 608. The molecule has 0 spiro atoms. The van der Waals surface area contributed by atoms with E-state index in [-0.39, 0.29) is 6.61 Å². The molecule has 1 N–H and O–H groups in total. The number of benzene rings is 2. The zero-order chi connectivity index (χ0) is 15.9. The van der Waals surface area contributed by atoms with Gasteiger partial charge in [-0.05, 0) is 54.9 Å². The van der Waals surface area contributed by atoms with E-state index in [9.17, 15) is 5.11 Å². The molecule has 0 atom stereocenters. The number of rotatable bonds is 7. The van der Waals surface area contributed by atoms with E-state index in [1.165, 1.54) is 5.56 Å². The summed E-state index contributed by atoms with van der Waals surface area (Å²) in [5, 5.41) is 9.70. The molecule has 0 saturated heterocycles. The van der Waals surface area contributed by atoms with E-state index in [1.54, 1.807) is 0 Å². The molecule has 2 rings (SSSR count). The number of nitrogens with zero attached hydrogens (tertiary/aromatic N) is 1. The van der Waals surface area contributed by atoms with Crippen molar-refractivity contribution in [2.24, 2.45) is 0 Å². The molecule has 0 aliphatic heterocycles. The summed E-state index contributed by atoms with van der Waals surface area (Å²) < 4.78 is 5.70. The fourth-order valence-corrected chi connectivity index (χ4v) is 2.50. The Hall–Kier alpha value is -1.84. The second-order valence-electron chi connectivity index (χ2n) is 5.76. The van der Waals surface area contributed by atoms with Gasteiger partial charge < -0.3 is 14.7 Å². The van der Waals surface area contributed by atoms with Crippen LogP contribution < -0.4 is 4.74 Å². The number of ether oxygens (including phenoxy) is 1. The number of hydrogen-bond donors (Lipinski definition) is 1. The van der Waals surface area contributed by atoms with Crippen molar-refractivity contribution in [3.8, 4) is 16.9 Å². The van der Waals surface area contributed by atoms with E-state index in [2.05, 4.69) is 36.1 Å². The number of aliphatic hydroxyl groups excluding tert-OH is 1. The predicted octanol–water partition coefficient (Wildman–Crippen LogP) is 3.70. The van der Waals surface area contributed by atoms with Gasteiger partial charge in [-0.2, -0.15) is 0 Å². The molecule has 2 aromatic carbocycles. The Morgan fingerprint density at radius 3 is 2.59 bits per heavy atom. The molecule has 0 heterocycles. The van der Waals surface area contributed by atoms with Crippen molar-refractivity contribution in [3.05, 3.63) is 53.6 Å². The van der Waals surface area contributed by atoms with E-state index in [1.807, 2.05) is 32.3 Å². The lowest BCUT2D eigenvalue weighted by molar-refractivity contribution is 0.282. The Morgan fingerprint density at radius 1 is 1.09 bits per heavy atom. The van der Waals surface area contributed by atoms with Crippen LogP contribution in [0.1, 0.15) is 24.5 Å². The van der Waals surface area contributed by atoms with Crippen molar-refractivity contribution in [1.82, 2.24) is 4.90 Å². The third-order valence-corrected chi connectivity index (χ3v) is 3.46. The largest absolute Gasteiger partial charge is 0.494 e. The van der Waals surface area contributed by atoms with Crippen LogP contribution in [0.2, 0.25) is 0 Å². The molecule has 0 saturated carbocycles. The van der Waals surface area contributed by atoms with Gasteiger partial charge in [0.05, 0.1) is 13.2 Å². The zero-order valence-corrected chi connectivity index (χ0v) is 13.7. The summed E-state index contributed by atoms with van der Waals surface area (Å²) in [6.45, 7) is 3.72. The monoisotopic (exact) mass is 299 g/mol. The maximum absolute atomic E-state index is 9.70. The molecule has 22 heavy (non-hydrogen) atoms. The predicted molar refractivity (Wildman–Crippen MR) is 91.0 cm³/mol. The van der Waals surface area contributed by atoms with Crippen molar-refractivity contribution in [2.75, 3.05) is 20.7 Å². The van der Waals surface area contributed by atoms with Gasteiger partial charge in [0.1, 0.15) is 5.75 Å². The summed E-state index contributed by atoms with van der Waals surface area (Å²) in [6, 6.07) is 14.3. The maximum atomic E-state index is 9.70. The van der Waals surface area contributed by atoms with Gasteiger partial charge in [-0.15, -0.1) is 0 Å². The molecule has 0 aliphatic carbocycles. The van der Waals surface area contributed by atoms with Crippen LogP contribution in [0, 0.1) is 0 Å². The summed E-state index contributed by atoms with van der Waals surface area (Å²) in [6.07, 6.45) is 0.991. The molecule has 3 heteroatoms. The summed E-state index contributed by atoms with van der Waals surface area (Å²) in [4.78, 5) is 2.12. The minimum atomic E-state index is 0.0383. The van der Waals surface area contributed by atoms with Gasteiger partial charge >= 0.3 is 0 Å². The highest BCUT2D eigenvalue weighted by atomic mass is 16.5. The van der Waals surface area contributed by atoms with E-state index in [0.29, 0.717) is 0 Å². The third kappa shape index (κ3) is 4.33. The van der Waals surface area contributed by atoms with Gasteiger partial charge in [-0.3, -0.25) is 0 Å². The minimum absolute atomic E-state index is 0.0383. The molecule has 0 aliphatic rings. The molecule has 0 bridgehead atoms. The van der Waals surface area contributed by atoms with Crippen molar-refractivity contribution in [3.63, 3.8) is 0 Å². The van der Waals surface area contributed by atoms with Crippen molar-refractivity contribution in [1.29, 1.82) is 0 Å². The maximum Gasteiger partial charge on any atom is 0.119 e. The fraction of sp³-hybridized carbons (Fsp3) is 0.368. The first-order chi connectivity index (χ1) is 10.6. The summed E-state index contributed by atoms with van der Waals surface area (Å²) >= 11 is 0. The van der Waals surface area contributed by atoms with Crippen LogP contribution >= 0.6 is 0 Å². The standard InChI is InChI=1S/C19H25NO2/c1-4-10-22-18-7-5-6-16(12-18)19-9-8-15(13-20(2)3)11-17(19)14-21/h5-9,11-12,21H,4,10,13-14H2,1-3H3. The molecule has 0 amide bonds. The minimum Gasteiger partial charge on any atom is -0.494 e. The van der Waals surface area contributed by atoms with Crippen LogP contribution in [0.5, 0.6) is 5.75 Å². The number of aliphatic hydroxyl groups is 1. The van der Waals surface area contributed by atoms with Gasteiger partial charge in [0.25, 0.3) is 0 Å². The highest BCUT2D eigenvalue weighted by Crippen LogP contribution is 2.28. The normalized spacial score (nSPS) is 11.0. The smallest absolute Gasteiger partial charge is 0.119 e. The first kappa shape index (κ1) is 16.5. The molecule has 0 unspecified atom stereocenters. The van der Waals surface area contributed by atoms with Crippen LogP contribution in [0.4, 0.5) is 0 Å². The van der Waals surface area contributed by atoms with Crippen LogP contribution in [-0.4, -0.2) is 30.7 Å². The lowest BCUT2D eigenvalue weighted by atomic mass is 9.97. The summed E-state index contributed by atoms with van der Waals surface area (Å²) in [5.74, 6) is 0.876. The van der Waals surface area contributed by atoms with Crippen LogP contribution in [0.3, 0.4) is 0 Å². The SMILES string of the molecule is CCCOc1cccc(-c2ccc(CN(C)C)cc2CO)c1. The van der Waals surface area contributed by atoms with Crippen LogP contribution in [-0.2, 0) is 13.2 Å². The van der Waals surface area contributed by atoms with Crippen molar-refractivity contribution < 1.29 is 9.84 Å². The Balaban J connectivity index is 2.31. The van der Waals surface area contributed by atoms with E-state index in [4.69, 9.17) is 4.74 Å². The fourth-order valence-electron chi connectivity index (χ4n) is 2.50. The lowest BCUT2D eigenvalue weighted by Crippen LogP contribution is -2.11. The van der Waals surface area contributed by atoms with Gasteiger partial charge in [-0.1, -0.05) is 37.3 Å². The molecule has 0 fully saturated rings. The topological polar surface area (TPSA) is 32.7 Å². The number of hydrogen-bond acceptors (Lipinski definition) is 3. The first-order valence-electron chi connectivity index (χ1n) is 7.74. The molecular formula is C19H25NO2. The van der Waals surface area contributed by atoms with Crippen molar-refractivity contribution in [2.45, 2.75) is 26.5 Å². The Morgan fingerprint density at radius 2 is 1.91 bits per heavy atom. The zero-order valence-electron chi connectivity index (χ0n) is 13.7. The molecule has 2 aromatic rings. The molecule has 118 valence electrons. The van der Waals surface area contributed by atoms with E-state index in [0.717, 1.165) is 42.0 Å². The molecule has 0 radical (unpaired) electrons. The van der Waals surface area contributed by atoms with Gasteiger partial charge in [0.2, 0.25) is 0 Å². The first-order valence-corrected chi connectivity index (χ1v) is 7.74. The van der Waals surface area contributed by atoms with Crippen LogP contribution in [0.15, 0.2) is 42.5 Å². The highest BCUT2D eigenvalue weighted by molar-refractivity contribution is 5.69. The highest BCUT2D eigenvalue weighted by Gasteiger charge is 2.07. The summed E-state index contributed by atoms with van der Waals surface area (Å²) in [5.41, 5.74) is 4.30.